The zero-order chi connectivity index (χ0) is 51.1. The van der Waals surface area contributed by atoms with Crippen molar-refractivity contribution in [2.75, 3.05) is 16.2 Å². The minimum Gasteiger partial charge on any atom is -0.448 e. The Hall–Kier alpha value is -6.97. The van der Waals surface area contributed by atoms with E-state index in [1.54, 1.807) is 20.8 Å². The van der Waals surface area contributed by atoms with E-state index in [1.165, 1.54) is 45.1 Å². The van der Waals surface area contributed by atoms with Crippen molar-refractivity contribution in [3.05, 3.63) is 206 Å². The molecule has 2 aliphatic heterocycles. The quantitative estimate of drug-likeness (QED) is 0.0167. The number of aryl methyl sites for hydroxylation is 1. The molecular formula is C53H47N7O8S5. The molecule has 2 N–H and O–H groups in total. The molecule has 4 heterocycles. The molecule has 0 spiro atoms. The van der Waals surface area contributed by atoms with Gasteiger partial charge < -0.3 is 19.6 Å². The highest BCUT2D eigenvalue weighted by atomic mass is 32.2. The number of carbonyl (C=O) groups is 4. The molecular weight excluding hydrogens is 1020 g/mol. The number of oxime groups is 1. The molecule has 7 aromatic rings. The Bertz CT molecular complexity index is 3050. The normalized spacial score (nSPS) is 16.8. The Morgan fingerprint density at radius 2 is 1.36 bits per heavy atom. The molecule has 1 fully saturated rings. The Kier molecular flexibility index (Phi) is 15.7. The third kappa shape index (κ3) is 11.5. The third-order valence-electron chi connectivity index (χ3n) is 11.3. The average Bonchev–Trinajstić information content (AvgIpc) is 4.04. The fourth-order valence-electron chi connectivity index (χ4n) is 8.11. The summed E-state index contributed by atoms with van der Waals surface area (Å²) in [5.41, 5.74) is 0.766. The molecule has 2 aromatic heterocycles. The number of aromatic nitrogens is 3. The van der Waals surface area contributed by atoms with Crippen molar-refractivity contribution in [3.8, 4) is 0 Å². The van der Waals surface area contributed by atoms with E-state index in [0.717, 1.165) is 16.3 Å². The number of hydrogen-bond donors (Lipinski definition) is 2. The van der Waals surface area contributed by atoms with E-state index < -0.39 is 63.4 Å². The summed E-state index contributed by atoms with van der Waals surface area (Å²) in [7, 11) is -1.83. The zero-order valence-corrected chi connectivity index (χ0v) is 43.8. The minimum atomic E-state index is -1.83. The number of carbonyl (C=O) groups excluding carboxylic acids is 4. The van der Waals surface area contributed by atoms with Gasteiger partial charge in [-0.15, -0.1) is 33.3 Å². The summed E-state index contributed by atoms with van der Waals surface area (Å²) in [5.74, 6) is -2.52. The number of amides is 3. The molecule has 20 heteroatoms. The van der Waals surface area contributed by atoms with E-state index in [0.29, 0.717) is 42.1 Å². The molecule has 1 saturated heterocycles. The second-order valence-electron chi connectivity index (χ2n) is 17.4. The van der Waals surface area contributed by atoms with Crippen LogP contribution in [0.25, 0.3) is 0 Å². The lowest BCUT2D eigenvalue weighted by Gasteiger charge is -2.49. The summed E-state index contributed by atoms with van der Waals surface area (Å²) in [4.78, 5) is 70.2. The van der Waals surface area contributed by atoms with Crippen LogP contribution in [-0.4, -0.2) is 81.7 Å². The number of esters is 1. The van der Waals surface area contributed by atoms with Crippen molar-refractivity contribution < 1.29 is 37.7 Å². The Labute approximate surface area is 440 Å². The van der Waals surface area contributed by atoms with E-state index in [9.17, 15) is 23.4 Å². The predicted octanol–water partition coefficient (Wildman–Crippen LogP) is 9.81. The lowest BCUT2D eigenvalue weighted by atomic mass is 9.80. The van der Waals surface area contributed by atoms with Crippen LogP contribution in [0.4, 0.5) is 9.93 Å². The number of rotatable bonds is 17. The number of thiazole rings is 1. The van der Waals surface area contributed by atoms with Crippen LogP contribution >= 0.6 is 46.2 Å². The first-order valence-corrected chi connectivity index (χ1v) is 27.8. The molecule has 5 aromatic carbocycles. The zero-order valence-electron chi connectivity index (χ0n) is 39.7. The molecule has 3 atom stereocenters. The summed E-state index contributed by atoms with van der Waals surface area (Å²) in [5, 5.41) is 19.9. The number of fused-ring (bicyclic) bond motifs is 1. The number of nitrogens with one attached hydrogen (secondary N) is 2. The van der Waals surface area contributed by atoms with E-state index in [2.05, 4.69) is 31.0 Å². The maximum Gasteiger partial charge on any atom is 0.413 e. The molecule has 9 rings (SSSR count). The topological polar surface area (TPSA) is 191 Å². The Morgan fingerprint density at radius 3 is 1.88 bits per heavy atom. The molecule has 2 aliphatic rings. The van der Waals surface area contributed by atoms with Gasteiger partial charge in [-0.1, -0.05) is 180 Å². The van der Waals surface area contributed by atoms with Gasteiger partial charge in [0.25, 0.3) is 11.8 Å². The van der Waals surface area contributed by atoms with Crippen molar-refractivity contribution in [2.45, 2.75) is 60.8 Å². The number of anilines is 1. The van der Waals surface area contributed by atoms with Crippen molar-refractivity contribution in [1.29, 1.82) is 0 Å². The molecule has 3 amide bonds. The van der Waals surface area contributed by atoms with Crippen molar-refractivity contribution in [3.63, 3.8) is 0 Å². The van der Waals surface area contributed by atoms with Crippen LogP contribution in [0.15, 0.2) is 177 Å². The fraction of sp³-hybridized carbons (Fsp3) is 0.208. The van der Waals surface area contributed by atoms with E-state index in [4.69, 9.17) is 14.3 Å². The van der Waals surface area contributed by atoms with Gasteiger partial charge in [-0.2, -0.15) is 0 Å². The van der Waals surface area contributed by atoms with E-state index >= 15 is 0 Å². The molecule has 372 valence electrons. The standard InChI is InChI=1S/C53H47N7O8S5/c1-33-57-58-51(72-33)71-32-70-40-31-73(65)47-42(46(62)60(47)43(40)48(63)66-44(34-20-10-5-11-21-34)35-22-12-6-13-23-35)55-45(61)41(39-30-69-49(54-39)56-50(64)67-52(2,3)4)59-68-53(36-24-14-7-15-25-36,37-26-16-8-17-27-37)38-28-18-9-19-29-38/h5-30,42,44,47H,31-32H2,1-4H3,(H,55,61)(H,54,56,64)/b59-41-/t42-,47-,73?/m1/s1. The number of benzene rings is 5. The second-order valence-corrected chi connectivity index (χ2v) is 23.7. The van der Waals surface area contributed by atoms with Crippen LogP contribution in [0.5, 0.6) is 0 Å². The smallest absolute Gasteiger partial charge is 0.413 e. The highest BCUT2D eigenvalue weighted by molar-refractivity contribution is 8.18. The SMILES string of the molecule is Cc1nnc(SCSC2=C(C(=O)OC(c3ccccc3)c3ccccc3)N3C(=O)[C@@H](NC(=O)/C(=N\OC(c4ccccc4)(c4ccccc4)c4ccccc4)c4csc(NC(=O)OC(C)(C)C)n4)[C@H]3S(=O)C2)s1. The first-order valence-electron chi connectivity index (χ1n) is 22.8. The van der Waals surface area contributed by atoms with Gasteiger partial charge in [0.15, 0.2) is 21.3 Å². The average molecular weight is 1070 g/mol. The minimum absolute atomic E-state index is 0.0103. The molecule has 0 radical (unpaired) electrons. The number of nitrogens with zero attached hydrogens (tertiary/aromatic N) is 5. The van der Waals surface area contributed by atoms with Gasteiger partial charge in [-0.25, -0.2) is 14.6 Å². The van der Waals surface area contributed by atoms with Gasteiger partial charge in [0, 0.05) is 27.0 Å². The fourth-order valence-corrected chi connectivity index (χ4v) is 14.0. The van der Waals surface area contributed by atoms with Gasteiger partial charge >= 0.3 is 12.1 Å². The van der Waals surface area contributed by atoms with Crippen LogP contribution in [-0.2, 0) is 45.1 Å². The Morgan fingerprint density at radius 1 is 0.808 bits per heavy atom. The molecule has 0 aliphatic carbocycles. The summed E-state index contributed by atoms with van der Waals surface area (Å²) < 4.78 is 27.0. The van der Waals surface area contributed by atoms with Crippen LogP contribution < -0.4 is 10.6 Å². The Balaban J connectivity index is 1.07. The van der Waals surface area contributed by atoms with Gasteiger partial charge in [-0.05, 0) is 38.8 Å². The summed E-state index contributed by atoms with van der Waals surface area (Å²) in [6, 6.07) is 45.3. The van der Waals surface area contributed by atoms with Gasteiger partial charge in [0.05, 0.1) is 21.6 Å². The van der Waals surface area contributed by atoms with E-state index in [1.807, 2.05) is 159 Å². The third-order valence-corrected chi connectivity index (χ3v) is 17.0. The van der Waals surface area contributed by atoms with Crippen molar-refractivity contribution >= 4 is 91.7 Å². The predicted molar refractivity (Wildman–Crippen MR) is 285 cm³/mol. The molecule has 73 heavy (non-hydrogen) atoms. The highest BCUT2D eigenvalue weighted by Crippen LogP contribution is 2.43. The first kappa shape index (κ1) is 51.0. The van der Waals surface area contributed by atoms with Crippen molar-refractivity contribution in [2.24, 2.45) is 5.16 Å². The molecule has 1 unspecified atom stereocenters. The molecule has 0 bridgehead atoms. The van der Waals surface area contributed by atoms with Crippen LogP contribution in [0.2, 0.25) is 0 Å². The number of β-lactam (4-membered cyclic amide) rings is 1. The number of hydrogen-bond acceptors (Lipinski definition) is 16. The largest absolute Gasteiger partial charge is 0.448 e. The maximum atomic E-state index is 15.0. The number of thioether (sulfide) groups is 2. The van der Waals surface area contributed by atoms with Crippen LogP contribution in [0.1, 0.15) is 65.4 Å². The maximum absolute atomic E-state index is 15.0. The van der Waals surface area contributed by atoms with Gasteiger partial charge in [0.2, 0.25) is 5.60 Å². The highest BCUT2D eigenvalue weighted by Gasteiger charge is 2.58. The van der Waals surface area contributed by atoms with Crippen LogP contribution in [0.3, 0.4) is 0 Å². The summed E-state index contributed by atoms with van der Waals surface area (Å²) >= 11 is 5.09. The van der Waals surface area contributed by atoms with E-state index in [-0.39, 0.29) is 28.0 Å². The molecule has 15 nitrogen and oxygen atoms in total. The molecule has 0 saturated carbocycles. The van der Waals surface area contributed by atoms with Crippen LogP contribution in [0, 0.1) is 6.92 Å². The first-order chi connectivity index (χ1) is 35.3. The number of ether oxygens (including phenoxy) is 2. The van der Waals surface area contributed by atoms with Crippen molar-refractivity contribution in [1.82, 2.24) is 25.4 Å². The monoisotopic (exact) mass is 1070 g/mol. The lowest BCUT2D eigenvalue weighted by molar-refractivity contribution is -0.154. The summed E-state index contributed by atoms with van der Waals surface area (Å²) in [6.45, 7) is 7.02. The van der Waals surface area contributed by atoms with Gasteiger partial charge in [-0.3, -0.25) is 24.0 Å². The van der Waals surface area contributed by atoms with Gasteiger partial charge in [0.1, 0.15) is 33.4 Å². The summed E-state index contributed by atoms with van der Waals surface area (Å²) in [6.07, 6.45) is -1.62. The lowest BCUT2D eigenvalue weighted by Crippen LogP contribution is -2.74. The second kappa shape index (κ2) is 22.4.